The van der Waals surface area contributed by atoms with E-state index in [0.717, 1.165) is 28.2 Å². The second kappa shape index (κ2) is 8.93. The van der Waals surface area contributed by atoms with E-state index in [9.17, 15) is 0 Å². The Morgan fingerprint density at radius 2 is 2.04 bits per heavy atom. The molecule has 1 aromatic carbocycles. The largest absolute Gasteiger partial charge is 0.326 e. The highest BCUT2D eigenvalue weighted by Crippen LogP contribution is 2.33. The molecule has 0 bridgehead atoms. The maximum Gasteiger partial charge on any atom is 0.156 e. The third-order valence-corrected chi connectivity index (χ3v) is 4.98. The maximum atomic E-state index is 6.47. The zero-order valence-corrected chi connectivity index (χ0v) is 17.7. The smallest absolute Gasteiger partial charge is 0.156 e. The van der Waals surface area contributed by atoms with Crippen LogP contribution < -0.4 is 5.73 Å². The first-order valence-electron chi connectivity index (χ1n) is 8.66. The van der Waals surface area contributed by atoms with Crippen LogP contribution in [-0.4, -0.2) is 14.6 Å². The summed E-state index contributed by atoms with van der Waals surface area (Å²) in [5.74, 6) is 0. The second-order valence-corrected chi connectivity index (χ2v) is 7.38. The molecular formula is C21H19Cl3N4. The van der Waals surface area contributed by atoms with Crippen molar-refractivity contribution in [1.29, 1.82) is 0 Å². The number of aryl methyl sites for hydroxylation is 1. The van der Waals surface area contributed by atoms with Crippen LogP contribution in [0.15, 0.2) is 53.6 Å². The van der Waals surface area contributed by atoms with Crippen molar-refractivity contribution in [2.45, 2.75) is 20.4 Å². The van der Waals surface area contributed by atoms with Gasteiger partial charge in [-0.3, -0.25) is 0 Å². The average molecular weight is 434 g/mol. The van der Waals surface area contributed by atoms with E-state index in [0.29, 0.717) is 27.3 Å². The molecule has 2 aromatic heterocycles. The highest BCUT2D eigenvalue weighted by Gasteiger charge is 2.18. The highest BCUT2D eigenvalue weighted by molar-refractivity contribution is 6.36. The van der Waals surface area contributed by atoms with Crippen molar-refractivity contribution in [3.8, 4) is 11.3 Å². The lowest BCUT2D eigenvalue weighted by molar-refractivity contribution is 0.892. The summed E-state index contributed by atoms with van der Waals surface area (Å²) in [4.78, 5) is 4.64. The number of hydrogen-bond donors (Lipinski definition) is 1. The van der Waals surface area contributed by atoms with Gasteiger partial charge >= 0.3 is 0 Å². The quantitative estimate of drug-likeness (QED) is 0.489. The predicted molar refractivity (Wildman–Crippen MR) is 119 cm³/mol. The van der Waals surface area contributed by atoms with E-state index >= 15 is 0 Å². The molecule has 0 atom stereocenters. The number of aromatic nitrogens is 3. The van der Waals surface area contributed by atoms with Gasteiger partial charge in [-0.1, -0.05) is 47.0 Å². The topological polar surface area (TPSA) is 56.2 Å². The molecule has 0 amide bonds. The van der Waals surface area contributed by atoms with Gasteiger partial charge in [0.05, 0.1) is 16.4 Å². The standard InChI is InChI=1S/C21H19Cl3N4/c1-3-4-5-14(22)6-8-16-11-20-26-13(2)18(12-25)21(28(20)27-16)17-9-7-15(23)10-19(17)24/h3-11H,12,25H2,1-2H3/b4-3-,8-6+,14-5+. The molecule has 0 saturated carbocycles. The summed E-state index contributed by atoms with van der Waals surface area (Å²) in [6.45, 7) is 4.17. The number of rotatable bonds is 5. The summed E-state index contributed by atoms with van der Waals surface area (Å²) in [6.07, 6.45) is 9.21. The molecular weight excluding hydrogens is 415 g/mol. The average Bonchev–Trinajstić information content (AvgIpc) is 3.06. The molecule has 4 nitrogen and oxygen atoms in total. The van der Waals surface area contributed by atoms with E-state index < -0.39 is 0 Å². The van der Waals surface area contributed by atoms with Crippen molar-refractivity contribution in [3.05, 3.63) is 80.6 Å². The third-order valence-electron chi connectivity index (χ3n) is 4.18. The Morgan fingerprint density at radius 1 is 1.25 bits per heavy atom. The molecule has 0 saturated heterocycles. The summed E-state index contributed by atoms with van der Waals surface area (Å²) in [7, 11) is 0. The van der Waals surface area contributed by atoms with Crippen LogP contribution >= 0.6 is 34.8 Å². The Labute approximate surface area is 178 Å². The summed E-state index contributed by atoms with van der Waals surface area (Å²) in [5.41, 5.74) is 10.7. The van der Waals surface area contributed by atoms with Crippen molar-refractivity contribution in [2.24, 2.45) is 5.73 Å². The number of allylic oxidation sites excluding steroid dienone is 5. The van der Waals surface area contributed by atoms with E-state index in [1.54, 1.807) is 22.7 Å². The fourth-order valence-electron chi connectivity index (χ4n) is 2.86. The van der Waals surface area contributed by atoms with Crippen LogP contribution in [0.25, 0.3) is 23.0 Å². The summed E-state index contributed by atoms with van der Waals surface area (Å²) < 4.78 is 1.76. The van der Waals surface area contributed by atoms with E-state index in [1.165, 1.54) is 0 Å². The lowest BCUT2D eigenvalue weighted by Crippen LogP contribution is -2.09. The number of nitrogens with two attached hydrogens (primary N) is 1. The Morgan fingerprint density at radius 3 is 2.71 bits per heavy atom. The van der Waals surface area contributed by atoms with Crippen LogP contribution in [0.1, 0.15) is 23.9 Å². The molecule has 0 aliphatic heterocycles. The maximum absolute atomic E-state index is 6.47. The molecule has 0 spiro atoms. The van der Waals surface area contributed by atoms with Crippen molar-refractivity contribution < 1.29 is 0 Å². The fraction of sp³-hybridized carbons (Fsp3) is 0.143. The Bertz CT molecular complexity index is 1110. The minimum Gasteiger partial charge on any atom is -0.326 e. The van der Waals surface area contributed by atoms with Gasteiger partial charge in [0.2, 0.25) is 0 Å². The molecule has 0 radical (unpaired) electrons. The second-order valence-electron chi connectivity index (χ2n) is 6.10. The minimum atomic E-state index is 0.312. The molecule has 2 N–H and O–H groups in total. The normalized spacial score (nSPS) is 12.7. The number of benzene rings is 1. The van der Waals surface area contributed by atoms with Crippen LogP contribution in [0.3, 0.4) is 0 Å². The molecule has 144 valence electrons. The van der Waals surface area contributed by atoms with Gasteiger partial charge < -0.3 is 5.73 Å². The van der Waals surface area contributed by atoms with Gasteiger partial charge in [-0.25, -0.2) is 9.50 Å². The first kappa shape index (κ1) is 20.6. The summed E-state index contributed by atoms with van der Waals surface area (Å²) >= 11 is 18.7. The number of halogens is 3. The van der Waals surface area contributed by atoms with E-state index in [4.69, 9.17) is 40.5 Å². The van der Waals surface area contributed by atoms with E-state index in [2.05, 4.69) is 10.1 Å². The van der Waals surface area contributed by atoms with Crippen LogP contribution in [0.2, 0.25) is 10.0 Å². The van der Waals surface area contributed by atoms with Gasteiger partial charge in [0.15, 0.2) is 5.65 Å². The zero-order valence-electron chi connectivity index (χ0n) is 15.5. The van der Waals surface area contributed by atoms with Gasteiger partial charge in [-0.15, -0.1) is 0 Å². The monoisotopic (exact) mass is 432 g/mol. The fourth-order valence-corrected chi connectivity index (χ4v) is 3.50. The van der Waals surface area contributed by atoms with Gasteiger partial charge in [0, 0.05) is 39.5 Å². The molecule has 0 unspecified atom stereocenters. The molecule has 0 aliphatic rings. The molecule has 28 heavy (non-hydrogen) atoms. The number of nitrogens with zero attached hydrogens (tertiary/aromatic N) is 3. The Hall–Kier alpha value is -2.11. The lowest BCUT2D eigenvalue weighted by atomic mass is 10.0. The minimum absolute atomic E-state index is 0.312. The van der Waals surface area contributed by atoms with Crippen molar-refractivity contribution in [3.63, 3.8) is 0 Å². The van der Waals surface area contributed by atoms with Gasteiger partial charge in [0.1, 0.15) is 0 Å². The SMILES string of the molecule is C\C=C/C=C(Cl)\C=C\c1cc2nc(C)c(CN)c(-c3ccc(Cl)cc3Cl)n2n1. The Kier molecular flexibility index (Phi) is 6.57. The number of fused-ring (bicyclic) bond motifs is 1. The Balaban J connectivity index is 2.19. The molecule has 7 heteroatoms. The van der Waals surface area contributed by atoms with Crippen LogP contribution in [0.4, 0.5) is 0 Å². The first-order valence-corrected chi connectivity index (χ1v) is 9.79. The molecule has 0 aliphatic carbocycles. The van der Waals surface area contributed by atoms with Crippen LogP contribution in [-0.2, 0) is 6.54 Å². The highest BCUT2D eigenvalue weighted by atomic mass is 35.5. The van der Waals surface area contributed by atoms with Crippen molar-refractivity contribution in [1.82, 2.24) is 14.6 Å². The van der Waals surface area contributed by atoms with Gasteiger partial charge in [-0.2, -0.15) is 5.10 Å². The van der Waals surface area contributed by atoms with Crippen LogP contribution in [0, 0.1) is 6.92 Å². The summed E-state index contributed by atoms with van der Waals surface area (Å²) in [6, 6.07) is 7.25. The molecule has 3 aromatic rings. The van der Waals surface area contributed by atoms with E-state index in [-0.39, 0.29) is 0 Å². The molecule has 0 fully saturated rings. The van der Waals surface area contributed by atoms with Gasteiger partial charge in [0.25, 0.3) is 0 Å². The lowest BCUT2D eigenvalue weighted by Gasteiger charge is -2.14. The van der Waals surface area contributed by atoms with Crippen LogP contribution in [0.5, 0.6) is 0 Å². The first-order chi connectivity index (χ1) is 13.4. The summed E-state index contributed by atoms with van der Waals surface area (Å²) in [5, 5.41) is 6.36. The predicted octanol–water partition coefficient (Wildman–Crippen LogP) is 6.18. The van der Waals surface area contributed by atoms with E-state index in [1.807, 2.05) is 50.3 Å². The molecule has 3 rings (SSSR count). The molecule has 2 heterocycles. The van der Waals surface area contributed by atoms with Crippen molar-refractivity contribution in [2.75, 3.05) is 0 Å². The van der Waals surface area contributed by atoms with Gasteiger partial charge in [-0.05, 0) is 50.3 Å². The van der Waals surface area contributed by atoms with Crippen molar-refractivity contribution >= 4 is 46.5 Å². The third kappa shape index (κ3) is 4.31. The zero-order chi connectivity index (χ0) is 20.3. The number of hydrogen-bond acceptors (Lipinski definition) is 3.